The molecule has 2 N–H and O–H groups in total. The van der Waals surface area contributed by atoms with Crippen molar-refractivity contribution < 1.29 is 19.7 Å². The Morgan fingerprint density at radius 2 is 1.86 bits per heavy atom. The molecular formula is C31H46O4. The zero-order chi connectivity index (χ0) is 25.3. The first-order chi connectivity index (χ1) is 16.6. The van der Waals surface area contributed by atoms with Crippen LogP contribution in [0.25, 0.3) is 0 Å². The summed E-state index contributed by atoms with van der Waals surface area (Å²) in [5.41, 5.74) is 3.55. The molecular weight excluding hydrogens is 436 g/mol. The standard InChI is InChI=1S/C31H46O4/c1-19(2)30(34)35-29(23-10-11-23)15-8-20(3)26-13-14-27-22(7-6-16-31(26,27)5)9-12-24-17-25(32)18-28(33)21(24)4/h8-9,12,15,19-20,23,25-29,32-33H,4,6-7,10-11,13-14,16-18H2,1-3,5H3/t20-,25-,26-,27+,28+,29-,31-/m1/s1. The SMILES string of the molecule is C=C1C(=CC=C2CCC[C@]3(C)[C@@H]([C@H](C)C=C[C@@H](OC(=O)C(C)C)C4CC4)CC[C@@H]23)C[C@@H](O)C[C@@H]1O. The molecule has 35 heavy (non-hydrogen) atoms. The molecule has 4 aliphatic rings. The van der Waals surface area contributed by atoms with Crippen LogP contribution >= 0.6 is 0 Å². The lowest BCUT2D eigenvalue weighted by Gasteiger charge is -2.44. The minimum atomic E-state index is -0.636. The number of fused-ring (bicyclic) bond motifs is 1. The van der Waals surface area contributed by atoms with Gasteiger partial charge in [0.05, 0.1) is 18.1 Å². The number of rotatable bonds is 7. The number of hydrogen-bond donors (Lipinski definition) is 2. The lowest BCUT2D eigenvalue weighted by atomic mass is 9.61. The third-order valence-corrected chi connectivity index (χ3v) is 9.35. The number of ether oxygens (including phenoxy) is 1. The second kappa shape index (κ2) is 10.8. The number of esters is 1. The molecule has 4 heteroatoms. The smallest absolute Gasteiger partial charge is 0.308 e. The van der Waals surface area contributed by atoms with Gasteiger partial charge in [-0.25, -0.2) is 0 Å². The lowest BCUT2D eigenvalue weighted by Crippen LogP contribution is -2.35. The van der Waals surface area contributed by atoms with Gasteiger partial charge < -0.3 is 14.9 Å². The van der Waals surface area contributed by atoms with Gasteiger partial charge in [-0.05, 0) is 97.7 Å². The zero-order valence-electron chi connectivity index (χ0n) is 22.2. The second-order valence-electron chi connectivity index (χ2n) is 12.3. The Morgan fingerprint density at radius 3 is 2.54 bits per heavy atom. The zero-order valence-corrected chi connectivity index (χ0v) is 22.2. The van der Waals surface area contributed by atoms with Crippen molar-refractivity contribution in [2.24, 2.45) is 35.0 Å². The van der Waals surface area contributed by atoms with Crippen LogP contribution in [0.3, 0.4) is 0 Å². The van der Waals surface area contributed by atoms with Crippen LogP contribution in [-0.4, -0.2) is 34.5 Å². The molecule has 0 aliphatic heterocycles. The first-order valence-electron chi connectivity index (χ1n) is 13.9. The van der Waals surface area contributed by atoms with E-state index < -0.39 is 12.2 Å². The number of allylic oxidation sites excluding steroid dienone is 4. The van der Waals surface area contributed by atoms with Crippen molar-refractivity contribution in [2.75, 3.05) is 0 Å². The predicted octanol–water partition coefficient (Wildman–Crippen LogP) is 6.30. The summed E-state index contributed by atoms with van der Waals surface area (Å²) in [7, 11) is 0. The molecule has 0 aromatic carbocycles. The van der Waals surface area contributed by atoms with Crippen LogP contribution < -0.4 is 0 Å². The Hall–Kier alpha value is -1.65. The van der Waals surface area contributed by atoms with Crippen LogP contribution in [0.1, 0.15) is 85.5 Å². The highest BCUT2D eigenvalue weighted by molar-refractivity contribution is 5.71. The van der Waals surface area contributed by atoms with Crippen molar-refractivity contribution in [1.29, 1.82) is 0 Å². The minimum absolute atomic E-state index is 0.0694. The van der Waals surface area contributed by atoms with Crippen molar-refractivity contribution in [3.05, 3.63) is 47.6 Å². The topological polar surface area (TPSA) is 66.8 Å². The van der Waals surface area contributed by atoms with E-state index in [4.69, 9.17) is 4.74 Å². The molecule has 7 atom stereocenters. The second-order valence-corrected chi connectivity index (χ2v) is 12.3. The van der Waals surface area contributed by atoms with Crippen LogP contribution in [0.2, 0.25) is 0 Å². The molecule has 0 aromatic rings. The molecule has 0 radical (unpaired) electrons. The monoisotopic (exact) mass is 482 g/mol. The van der Waals surface area contributed by atoms with E-state index in [-0.39, 0.29) is 23.4 Å². The van der Waals surface area contributed by atoms with E-state index in [2.05, 4.69) is 44.7 Å². The summed E-state index contributed by atoms with van der Waals surface area (Å²) >= 11 is 0. The number of aliphatic hydroxyl groups is 2. The third-order valence-electron chi connectivity index (χ3n) is 9.35. The van der Waals surface area contributed by atoms with Gasteiger partial charge in [-0.3, -0.25) is 4.79 Å². The fourth-order valence-corrected chi connectivity index (χ4v) is 7.01. The Kier molecular flexibility index (Phi) is 8.12. The van der Waals surface area contributed by atoms with Gasteiger partial charge in [0.1, 0.15) is 6.10 Å². The van der Waals surface area contributed by atoms with Crippen LogP contribution in [-0.2, 0) is 9.53 Å². The molecule has 0 bridgehead atoms. The quantitative estimate of drug-likeness (QED) is 0.330. The number of aliphatic hydroxyl groups excluding tert-OH is 2. The third kappa shape index (κ3) is 5.85. The summed E-state index contributed by atoms with van der Waals surface area (Å²) in [6.07, 6.45) is 17.1. The summed E-state index contributed by atoms with van der Waals surface area (Å²) < 4.78 is 5.83. The Labute approximate surface area is 212 Å². The molecule has 194 valence electrons. The highest BCUT2D eigenvalue weighted by Crippen LogP contribution is 2.59. The molecule has 0 unspecified atom stereocenters. The molecule has 4 aliphatic carbocycles. The maximum Gasteiger partial charge on any atom is 0.308 e. The first kappa shape index (κ1) is 26.4. The molecule has 4 fully saturated rings. The van der Waals surface area contributed by atoms with E-state index in [1.807, 2.05) is 13.8 Å². The summed E-state index contributed by atoms with van der Waals surface area (Å²) in [6, 6.07) is 0. The molecule has 0 saturated heterocycles. The van der Waals surface area contributed by atoms with E-state index in [0.29, 0.717) is 36.5 Å². The van der Waals surface area contributed by atoms with E-state index >= 15 is 0 Å². The molecule has 4 saturated carbocycles. The van der Waals surface area contributed by atoms with Gasteiger partial charge in [0.2, 0.25) is 0 Å². The van der Waals surface area contributed by atoms with Crippen LogP contribution in [0.15, 0.2) is 47.6 Å². The molecule has 4 nitrogen and oxygen atoms in total. The fraction of sp³-hybridized carbons (Fsp3) is 0.710. The number of carbonyl (C=O) groups excluding carboxylic acids is 1. The fourth-order valence-electron chi connectivity index (χ4n) is 7.01. The Bertz CT molecular complexity index is 892. The van der Waals surface area contributed by atoms with Crippen molar-refractivity contribution in [3.63, 3.8) is 0 Å². The van der Waals surface area contributed by atoms with Gasteiger partial charge in [-0.15, -0.1) is 0 Å². The first-order valence-corrected chi connectivity index (χ1v) is 13.9. The summed E-state index contributed by atoms with van der Waals surface area (Å²) in [5, 5.41) is 20.3. The maximum absolute atomic E-state index is 12.2. The van der Waals surface area contributed by atoms with Crippen LogP contribution in [0.5, 0.6) is 0 Å². The number of carbonyl (C=O) groups is 1. The molecule has 4 rings (SSSR count). The highest BCUT2D eigenvalue weighted by atomic mass is 16.5. The summed E-state index contributed by atoms with van der Waals surface area (Å²) in [4.78, 5) is 12.2. The molecule has 0 aromatic heterocycles. The Balaban J connectivity index is 1.46. The summed E-state index contributed by atoms with van der Waals surface area (Å²) in [6.45, 7) is 12.7. The van der Waals surface area contributed by atoms with Crippen molar-refractivity contribution >= 4 is 5.97 Å². The highest BCUT2D eigenvalue weighted by Gasteiger charge is 2.50. The molecule has 0 spiro atoms. The van der Waals surface area contributed by atoms with Crippen molar-refractivity contribution in [3.8, 4) is 0 Å². The normalized spacial score (nSPS) is 37.7. The van der Waals surface area contributed by atoms with Crippen LogP contribution in [0, 0.1) is 35.0 Å². The van der Waals surface area contributed by atoms with Crippen molar-refractivity contribution in [2.45, 2.75) is 104 Å². The van der Waals surface area contributed by atoms with Gasteiger partial charge >= 0.3 is 5.97 Å². The molecule has 0 amide bonds. The lowest BCUT2D eigenvalue weighted by molar-refractivity contribution is -0.151. The van der Waals surface area contributed by atoms with Crippen molar-refractivity contribution in [1.82, 2.24) is 0 Å². The maximum atomic E-state index is 12.2. The van der Waals surface area contributed by atoms with Gasteiger partial charge in [-0.1, -0.05) is 58.1 Å². The van der Waals surface area contributed by atoms with E-state index in [1.165, 1.54) is 31.3 Å². The van der Waals surface area contributed by atoms with E-state index in [1.54, 1.807) is 0 Å². The Morgan fingerprint density at radius 1 is 1.11 bits per heavy atom. The van der Waals surface area contributed by atoms with Gasteiger partial charge in [-0.2, -0.15) is 0 Å². The minimum Gasteiger partial charge on any atom is -0.458 e. The average Bonchev–Trinajstić information content (AvgIpc) is 3.58. The molecule has 0 heterocycles. The predicted molar refractivity (Wildman–Crippen MR) is 140 cm³/mol. The van der Waals surface area contributed by atoms with Gasteiger partial charge in [0, 0.05) is 6.42 Å². The van der Waals surface area contributed by atoms with Crippen LogP contribution in [0.4, 0.5) is 0 Å². The van der Waals surface area contributed by atoms with E-state index in [9.17, 15) is 15.0 Å². The van der Waals surface area contributed by atoms with E-state index in [0.717, 1.165) is 30.4 Å². The van der Waals surface area contributed by atoms with Gasteiger partial charge in [0.25, 0.3) is 0 Å². The largest absolute Gasteiger partial charge is 0.458 e. The summed E-state index contributed by atoms with van der Waals surface area (Å²) in [5.74, 6) is 1.97. The number of hydrogen-bond acceptors (Lipinski definition) is 4. The van der Waals surface area contributed by atoms with Gasteiger partial charge in [0.15, 0.2) is 0 Å². The average molecular weight is 483 g/mol.